The Balaban J connectivity index is 1.37. The molecule has 1 unspecified atom stereocenters. The van der Waals surface area contributed by atoms with Crippen LogP contribution in [0, 0.1) is 12.7 Å². The van der Waals surface area contributed by atoms with E-state index < -0.39 is 23.5 Å². The second-order valence-corrected chi connectivity index (χ2v) is 9.79. The molecule has 5 rings (SSSR count). The van der Waals surface area contributed by atoms with Gasteiger partial charge in [0.05, 0.1) is 12.2 Å². The SMILES string of the molecule is Cc1ccc(C(=O)N2C(C(=O)NCc3ccccc3)COC23CCN(C(=O)c2ccccc2F)CC3)cc1. The van der Waals surface area contributed by atoms with E-state index in [2.05, 4.69) is 5.32 Å². The number of rotatable bonds is 5. The predicted octanol–water partition coefficient (Wildman–Crippen LogP) is 3.92. The van der Waals surface area contributed by atoms with Crippen molar-refractivity contribution in [2.45, 2.75) is 38.1 Å². The number of carbonyl (C=O) groups excluding carboxylic acids is 3. The molecule has 0 bridgehead atoms. The number of likely N-dealkylation sites (tertiary alicyclic amines) is 1. The van der Waals surface area contributed by atoms with Gasteiger partial charge in [0.15, 0.2) is 0 Å². The van der Waals surface area contributed by atoms with Gasteiger partial charge in [0.25, 0.3) is 11.8 Å². The fourth-order valence-corrected chi connectivity index (χ4v) is 5.17. The summed E-state index contributed by atoms with van der Waals surface area (Å²) in [5.74, 6) is -1.56. The molecule has 7 nitrogen and oxygen atoms in total. The summed E-state index contributed by atoms with van der Waals surface area (Å²) in [6, 6.07) is 21.9. The highest BCUT2D eigenvalue weighted by Gasteiger charge is 2.54. The average Bonchev–Trinajstić information content (AvgIpc) is 3.31. The van der Waals surface area contributed by atoms with Gasteiger partial charge in [0.1, 0.15) is 17.6 Å². The Morgan fingerprint density at radius 2 is 1.58 bits per heavy atom. The molecule has 0 aromatic heterocycles. The van der Waals surface area contributed by atoms with Gasteiger partial charge in [-0.15, -0.1) is 0 Å². The molecular formula is C30H30FN3O4. The van der Waals surface area contributed by atoms with Crippen molar-refractivity contribution in [3.63, 3.8) is 0 Å². The number of carbonyl (C=O) groups is 3. The Morgan fingerprint density at radius 1 is 0.921 bits per heavy atom. The second-order valence-electron chi connectivity index (χ2n) is 9.79. The van der Waals surface area contributed by atoms with E-state index in [0.717, 1.165) is 11.1 Å². The first-order chi connectivity index (χ1) is 18.4. The van der Waals surface area contributed by atoms with E-state index in [1.807, 2.05) is 49.4 Å². The van der Waals surface area contributed by atoms with Crippen molar-refractivity contribution in [2.75, 3.05) is 19.7 Å². The average molecular weight is 516 g/mol. The normalized spacial score (nSPS) is 18.4. The van der Waals surface area contributed by atoms with E-state index >= 15 is 0 Å². The van der Waals surface area contributed by atoms with Gasteiger partial charge in [-0.1, -0.05) is 60.2 Å². The first-order valence-electron chi connectivity index (χ1n) is 12.8. The van der Waals surface area contributed by atoms with E-state index in [1.54, 1.807) is 34.1 Å². The summed E-state index contributed by atoms with van der Waals surface area (Å²) in [4.78, 5) is 43.3. The lowest BCUT2D eigenvalue weighted by molar-refractivity contribution is -0.128. The molecule has 2 fully saturated rings. The number of piperidine rings is 1. The van der Waals surface area contributed by atoms with Crippen LogP contribution in [-0.4, -0.2) is 59.0 Å². The summed E-state index contributed by atoms with van der Waals surface area (Å²) < 4.78 is 20.5. The van der Waals surface area contributed by atoms with Crippen molar-refractivity contribution in [3.8, 4) is 0 Å². The maximum absolute atomic E-state index is 14.2. The first kappa shape index (κ1) is 25.6. The highest BCUT2D eigenvalue weighted by atomic mass is 19.1. The zero-order valence-electron chi connectivity index (χ0n) is 21.2. The number of ether oxygens (including phenoxy) is 1. The lowest BCUT2D eigenvalue weighted by atomic mass is 9.96. The van der Waals surface area contributed by atoms with Gasteiger partial charge in [0.2, 0.25) is 5.91 Å². The van der Waals surface area contributed by atoms with Crippen LogP contribution < -0.4 is 5.32 Å². The Kier molecular flexibility index (Phi) is 7.24. The molecule has 38 heavy (non-hydrogen) atoms. The Morgan fingerprint density at radius 3 is 2.26 bits per heavy atom. The minimum atomic E-state index is -1.04. The molecule has 3 aromatic carbocycles. The molecule has 3 aromatic rings. The molecule has 196 valence electrons. The van der Waals surface area contributed by atoms with Crippen LogP contribution in [0.4, 0.5) is 4.39 Å². The van der Waals surface area contributed by atoms with Gasteiger partial charge in [-0.2, -0.15) is 0 Å². The third-order valence-corrected chi connectivity index (χ3v) is 7.33. The molecule has 0 radical (unpaired) electrons. The summed E-state index contributed by atoms with van der Waals surface area (Å²) in [6.07, 6.45) is 0.626. The fourth-order valence-electron chi connectivity index (χ4n) is 5.17. The lowest BCUT2D eigenvalue weighted by Gasteiger charge is -2.44. The van der Waals surface area contributed by atoms with Crippen molar-refractivity contribution in [1.29, 1.82) is 0 Å². The number of halogens is 1. The molecule has 2 aliphatic rings. The molecular weight excluding hydrogens is 485 g/mol. The van der Waals surface area contributed by atoms with Crippen LogP contribution in [0.25, 0.3) is 0 Å². The minimum Gasteiger partial charge on any atom is -0.353 e. The third kappa shape index (κ3) is 5.04. The Labute approximate surface area is 221 Å². The number of benzene rings is 3. The highest BCUT2D eigenvalue weighted by molar-refractivity contribution is 5.98. The number of amides is 3. The Hall–Kier alpha value is -4.04. The van der Waals surface area contributed by atoms with Crippen molar-refractivity contribution < 1.29 is 23.5 Å². The van der Waals surface area contributed by atoms with Gasteiger partial charge >= 0.3 is 0 Å². The zero-order valence-corrected chi connectivity index (χ0v) is 21.2. The largest absolute Gasteiger partial charge is 0.353 e. The van der Waals surface area contributed by atoms with Crippen molar-refractivity contribution in [1.82, 2.24) is 15.1 Å². The van der Waals surface area contributed by atoms with Crippen LogP contribution in [0.2, 0.25) is 0 Å². The summed E-state index contributed by atoms with van der Waals surface area (Å²) in [5, 5.41) is 2.94. The quantitative estimate of drug-likeness (QED) is 0.559. The molecule has 0 aliphatic carbocycles. The van der Waals surface area contributed by atoms with Crippen LogP contribution in [0.15, 0.2) is 78.9 Å². The summed E-state index contributed by atoms with van der Waals surface area (Å²) in [5.41, 5.74) is 1.41. The summed E-state index contributed by atoms with van der Waals surface area (Å²) >= 11 is 0. The summed E-state index contributed by atoms with van der Waals surface area (Å²) in [6.45, 7) is 2.86. The monoisotopic (exact) mass is 515 g/mol. The van der Waals surface area contributed by atoms with E-state index in [9.17, 15) is 18.8 Å². The number of nitrogens with zero attached hydrogens (tertiary/aromatic N) is 2. The van der Waals surface area contributed by atoms with Crippen LogP contribution in [0.5, 0.6) is 0 Å². The van der Waals surface area contributed by atoms with Crippen molar-refractivity contribution >= 4 is 17.7 Å². The van der Waals surface area contributed by atoms with E-state index in [4.69, 9.17) is 4.74 Å². The van der Waals surface area contributed by atoms with Crippen LogP contribution in [0.1, 0.15) is 44.7 Å². The first-order valence-corrected chi connectivity index (χ1v) is 12.8. The van der Waals surface area contributed by atoms with Gasteiger partial charge in [0, 0.05) is 38.0 Å². The van der Waals surface area contributed by atoms with Crippen LogP contribution in [0.3, 0.4) is 0 Å². The maximum Gasteiger partial charge on any atom is 0.256 e. The topological polar surface area (TPSA) is 79.0 Å². The Bertz CT molecular complexity index is 1320. The maximum atomic E-state index is 14.2. The van der Waals surface area contributed by atoms with Gasteiger partial charge in [-0.25, -0.2) is 4.39 Å². The summed E-state index contributed by atoms with van der Waals surface area (Å²) in [7, 11) is 0. The van der Waals surface area contributed by atoms with Gasteiger partial charge < -0.3 is 15.0 Å². The highest BCUT2D eigenvalue weighted by Crippen LogP contribution is 2.39. The minimum absolute atomic E-state index is 0.0153. The standard InChI is InChI=1S/C30H30FN3O4/c1-21-11-13-23(14-12-21)28(36)34-26(27(35)32-19-22-7-3-2-4-8-22)20-38-30(34)15-17-33(18-16-30)29(37)24-9-5-6-10-25(24)31/h2-14,26H,15-20H2,1H3,(H,32,35). The van der Waals surface area contributed by atoms with Crippen molar-refractivity contribution in [2.24, 2.45) is 0 Å². The van der Waals surface area contributed by atoms with Gasteiger partial charge in [-0.3, -0.25) is 19.3 Å². The molecule has 2 saturated heterocycles. The zero-order chi connectivity index (χ0) is 26.7. The predicted molar refractivity (Wildman–Crippen MR) is 140 cm³/mol. The van der Waals surface area contributed by atoms with E-state index in [1.165, 1.54) is 12.1 Å². The lowest BCUT2D eigenvalue weighted by Crippen LogP contribution is -2.59. The smallest absolute Gasteiger partial charge is 0.256 e. The molecule has 1 atom stereocenters. The molecule has 8 heteroatoms. The molecule has 3 amide bonds. The van der Waals surface area contributed by atoms with Crippen LogP contribution >= 0.6 is 0 Å². The number of aryl methyl sites for hydroxylation is 1. The number of hydrogen-bond acceptors (Lipinski definition) is 4. The number of nitrogens with one attached hydrogen (secondary N) is 1. The number of hydrogen-bond donors (Lipinski definition) is 1. The van der Waals surface area contributed by atoms with E-state index in [-0.39, 0.29) is 37.1 Å². The molecule has 2 heterocycles. The van der Waals surface area contributed by atoms with Gasteiger partial charge in [-0.05, 0) is 36.8 Å². The molecule has 1 N–H and O–H groups in total. The van der Waals surface area contributed by atoms with Crippen molar-refractivity contribution in [3.05, 3.63) is 107 Å². The molecule has 0 saturated carbocycles. The third-order valence-electron chi connectivity index (χ3n) is 7.33. The fraction of sp³-hybridized carbons (Fsp3) is 0.300. The van der Waals surface area contributed by atoms with Crippen LogP contribution in [-0.2, 0) is 16.1 Å². The molecule has 1 spiro atoms. The second kappa shape index (κ2) is 10.8. The molecule has 2 aliphatic heterocycles. The van der Waals surface area contributed by atoms with E-state index in [0.29, 0.717) is 24.9 Å².